The molecule has 2 nitrogen and oxygen atoms in total. The van der Waals surface area contributed by atoms with E-state index < -0.39 is 0 Å². The third-order valence-electron chi connectivity index (χ3n) is 2.37. The van der Waals surface area contributed by atoms with Gasteiger partial charge in [-0.05, 0) is 54.4 Å². The molecule has 0 aliphatic rings. The maximum absolute atomic E-state index is 11.5. The first kappa shape index (κ1) is 16.7. The van der Waals surface area contributed by atoms with Gasteiger partial charge < -0.3 is 4.74 Å². The lowest BCUT2D eigenvalue weighted by Gasteiger charge is -2.07. The Bertz CT molecular complexity index is 353. The molecule has 0 atom stereocenters. The molecule has 18 heavy (non-hydrogen) atoms. The molecule has 0 bridgehead atoms. The first-order valence-corrected chi connectivity index (χ1v) is 6.51. The predicted octanol–water partition coefficient (Wildman–Crippen LogP) is 4.58. The van der Waals surface area contributed by atoms with Crippen molar-refractivity contribution in [2.45, 2.75) is 60.5 Å². The molecule has 0 aromatic heterocycles. The van der Waals surface area contributed by atoms with Crippen LogP contribution >= 0.6 is 0 Å². The molecule has 0 aliphatic heterocycles. The lowest BCUT2D eigenvalue weighted by Crippen LogP contribution is -2.11. The maximum Gasteiger partial charge on any atom is 0.333 e. The molecule has 0 unspecified atom stereocenters. The summed E-state index contributed by atoms with van der Waals surface area (Å²) in [7, 11) is 0. The van der Waals surface area contributed by atoms with Crippen LogP contribution in [0, 0.1) is 0 Å². The van der Waals surface area contributed by atoms with Crippen LogP contribution in [0.5, 0.6) is 0 Å². The lowest BCUT2D eigenvalue weighted by molar-refractivity contribution is -0.142. The Kier molecular flexibility index (Phi) is 8.10. The van der Waals surface area contributed by atoms with Crippen LogP contribution in [0.2, 0.25) is 0 Å². The van der Waals surface area contributed by atoms with Gasteiger partial charge in [-0.25, -0.2) is 4.79 Å². The van der Waals surface area contributed by atoms with E-state index in [1.165, 1.54) is 11.1 Å². The summed E-state index contributed by atoms with van der Waals surface area (Å²) in [5.74, 6) is -0.238. The van der Waals surface area contributed by atoms with E-state index in [2.05, 4.69) is 26.8 Å². The van der Waals surface area contributed by atoms with Crippen LogP contribution in [0.25, 0.3) is 0 Å². The highest BCUT2D eigenvalue weighted by molar-refractivity contribution is 5.88. The fourth-order valence-corrected chi connectivity index (χ4v) is 1.31. The van der Waals surface area contributed by atoms with Gasteiger partial charge in [0.15, 0.2) is 0 Å². The number of carbonyl (C=O) groups is 1. The molecule has 0 heterocycles. The second kappa shape index (κ2) is 8.73. The molecule has 0 aliphatic carbocycles. The Labute approximate surface area is 111 Å². The summed E-state index contributed by atoms with van der Waals surface area (Å²) in [5.41, 5.74) is 3.25. The minimum atomic E-state index is -0.238. The minimum Gasteiger partial charge on any atom is -0.460 e. The van der Waals surface area contributed by atoms with Crippen LogP contribution in [0.1, 0.15) is 54.4 Å². The Morgan fingerprint density at radius 3 is 2.22 bits per heavy atom. The van der Waals surface area contributed by atoms with E-state index >= 15 is 0 Å². The van der Waals surface area contributed by atoms with Gasteiger partial charge in [0.2, 0.25) is 0 Å². The van der Waals surface area contributed by atoms with Crippen molar-refractivity contribution in [3.8, 4) is 0 Å². The Balaban J connectivity index is 4.32. The number of hydrogen-bond acceptors (Lipinski definition) is 2. The molecular weight excluding hydrogens is 224 g/mol. The maximum atomic E-state index is 11.5. The molecule has 0 spiro atoms. The van der Waals surface area contributed by atoms with Crippen molar-refractivity contribution in [2.24, 2.45) is 0 Å². The van der Waals surface area contributed by atoms with E-state index in [1.54, 1.807) is 6.92 Å². The van der Waals surface area contributed by atoms with Gasteiger partial charge in [-0.2, -0.15) is 0 Å². The van der Waals surface area contributed by atoms with Crippen LogP contribution in [0.4, 0.5) is 0 Å². The summed E-state index contributed by atoms with van der Waals surface area (Å²) >= 11 is 0. The van der Waals surface area contributed by atoms with Crippen molar-refractivity contribution >= 4 is 5.97 Å². The molecule has 0 amide bonds. The van der Waals surface area contributed by atoms with Crippen molar-refractivity contribution in [1.82, 2.24) is 0 Å². The van der Waals surface area contributed by atoms with E-state index in [-0.39, 0.29) is 12.1 Å². The molecular formula is C16H26O2. The van der Waals surface area contributed by atoms with Gasteiger partial charge in [0, 0.05) is 5.57 Å². The van der Waals surface area contributed by atoms with Crippen LogP contribution < -0.4 is 0 Å². The van der Waals surface area contributed by atoms with Crippen LogP contribution in [-0.2, 0) is 9.53 Å². The summed E-state index contributed by atoms with van der Waals surface area (Å²) in [5, 5.41) is 0. The molecule has 2 heteroatoms. The van der Waals surface area contributed by atoms with E-state index in [0.29, 0.717) is 5.57 Å². The van der Waals surface area contributed by atoms with Gasteiger partial charge in [0.1, 0.15) is 0 Å². The molecule has 0 aromatic carbocycles. The van der Waals surface area contributed by atoms with E-state index in [9.17, 15) is 4.79 Å². The summed E-state index contributed by atoms with van der Waals surface area (Å²) in [4.78, 5) is 11.5. The van der Waals surface area contributed by atoms with E-state index in [0.717, 1.165) is 12.8 Å². The number of allylic oxidation sites excluding steroid dienone is 5. The van der Waals surface area contributed by atoms with Gasteiger partial charge in [-0.15, -0.1) is 0 Å². The standard InChI is InChI=1S/C16H26O2/c1-12(2)8-7-9-14(5)10-11-15(6)16(17)18-13(3)4/h8,10-11,13H,7,9H2,1-6H3/b14-10+,15-11+. The summed E-state index contributed by atoms with van der Waals surface area (Å²) in [6, 6.07) is 0. The van der Waals surface area contributed by atoms with Gasteiger partial charge in [-0.3, -0.25) is 0 Å². The zero-order valence-corrected chi connectivity index (χ0v) is 12.5. The summed E-state index contributed by atoms with van der Waals surface area (Å²) in [6.07, 6.45) is 8.06. The second-order valence-corrected chi connectivity index (χ2v) is 5.14. The molecule has 0 saturated carbocycles. The smallest absolute Gasteiger partial charge is 0.333 e. The molecule has 0 N–H and O–H groups in total. The third kappa shape index (κ3) is 8.80. The monoisotopic (exact) mass is 250 g/mol. The van der Waals surface area contributed by atoms with Crippen LogP contribution in [0.3, 0.4) is 0 Å². The first-order valence-electron chi connectivity index (χ1n) is 6.51. The van der Waals surface area contributed by atoms with E-state index in [4.69, 9.17) is 4.74 Å². The lowest BCUT2D eigenvalue weighted by atomic mass is 10.1. The second-order valence-electron chi connectivity index (χ2n) is 5.14. The predicted molar refractivity (Wildman–Crippen MR) is 77.4 cm³/mol. The molecule has 0 aromatic rings. The highest BCUT2D eigenvalue weighted by atomic mass is 16.5. The molecule has 0 saturated heterocycles. The highest BCUT2D eigenvalue weighted by Gasteiger charge is 2.06. The Hall–Kier alpha value is -1.31. The molecule has 102 valence electrons. The zero-order valence-electron chi connectivity index (χ0n) is 12.5. The van der Waals surface area contributed by atoms with Gasteiger partial charge >= 0.3 is 5.97 Å². The van der Waals surface area contributed by atoms with Crippen molar-refractivity contribution < 1.29 is 9.53 Å². The normalized spacial score (nSPS) is 12.6. The SMILES string of the molecule is CC(C)=CCC/C(C)=C/C=C(\C)C(=O)OC(C)C. The molecule has 0 rings (SSSR count). The average Bonchev–Trinajstić information content (AvgIpc) is 2.24. The first-order chi connectivity index (χ1) is 8.32. The average molecular weight is 250 g/mol. The Morgan fingerprint density at radius 2 is 1.72 bits per heavy atom. The van der Waals surface area contributed by atoms with Crippen molar-refractivity contribution in [2.75, 3.05) is 0 Å². The van der Waals surface area contributed by atoms with Crippen molar-refractivity contribution in [1.29, 1.82) is 0 Å². The van der Waals surface area contributed by atoms with Crippen molar-refractivity contribution in [3.05, 3.63) is 34.9 Å². The number of ether oxygens (including phenoxy) is 1. The zero-order chi connectivity index (χ0) is 14.1. The Morgan fingerprint density at radius 1 is 1.11 bits per heavy atom. The topological polar surface area (TPSA) is 26.3 Å². The molecule has 0 fully saturated rings. The summed E-state index contributed by atoms with van der Waals surface area (Å²) in [6.45, 7) is 11.8. The number of hydrogen-bond donors (Lipinski definition) is 0. The fourth-order valence-electron chi connectivity index (χ4n) is 1.31. The molecule has 0 radical (unpaired) electrons. The number of esters is 1. The minimum absolute atomic E-state index is 0.0661. The van der Waals surface area contributed by atoms with Crippen LogP contribution in [0.15, 0.2) is 34.9 Å². The largest absolute Gasteiger partial charge is 0.460 e. The number of carbonyl (C=O) groups excluding carboxylic acids is 1. The summed E-state index contributed by atoms with van der Waals surface area (Å²) < 4.78 is 5.11. The highest BCUT2D eigenvalue weighted by Crippen LogP contribution is 2.08. The number of rotatable bonds is 6. The van der Waals surface area contributed by atoms with Gasteiger partial charge in [0.05, 0.1) is 6.10 Å². The van der Waals surface area contributed by atoms with E-state index in [1.807, 2.05) is 26.0 Å². The van der Waals surface area contributed by atoms with Crippen LogP contribution in [-0.4, -0.2) is 12.1 Å². The van der Waals surface area contributed by atoms with Crippen molar-refractivity contribution in [3.63, 3.8) is 0 Å². The third-order valence-corrected chi connectivity index (χ3v) is 2.37. The van der Waals surface area contributed by atoms with Gasteiger partial charge in [-0.1, -0.05) is 29.4 Å². The quantitative estimate of drug-likeness (QED) is 0.298. The van der Waals surface area contributed by atoms with Gasteiger partial charge in [0.25, 0.3) is 0 Å². The fraction of sp³-hybridized carbons (Fsp3) is 0.562.